The molecule has 0 radical (unpaired) electrons. The molecule has 1 nitrogen and oxygen atoms in total. The Balaban J connectivity index is 1.26. The summed E-state index contributed by atoms with van der Waals surface area (Å²) in [5.74, 6) is 6.86. The van der Waals surface area contributed by atoms with Crippen molar-refractivity contribution < 1.29 is 0 Å². The molecule has 190 valence electrons. The van der Waals surface area contributed by atoms with Crippen LogP contribution in [-0.2, 0) is 11.8 Å². The molecule has 34 heavy (non-hydrogen) atoms. The molecule has 1 aromatic heterocycles. The predicted octanol–water partition coefficient (Wildman–Crippen LogP) is 9.24. The van der Waals surface area contributed by atoms with Gasteiger partial charge in [-0.15, -0.1) is 0 Å². The van der Waals surface area contributed by atoms with Crippen LogP contribution >= 0.6 is 0 Å². The highest BCUT2D eigenvalue weighted by atomic mass is 14.7. The fourth-order valence-corrected chi connectivity index (χ4v) is 9.92. The Morgan fingerprint density at radius 1 is 0.941 bits per heavy atom. The number of nitrogens with zero attached hydrogens (tertiary/aromatic N) is 1. The van der Waals surface area contributed by atoms with Crippen molar-refractivity contribution in [1.29, 1.82) is 0 Å². The molecule has 1 heterocycles. The summed E-state index contributed by atoms with van der Waals surface area (Å²) in [6.07, 6.45) is 18.1. The molecule has 0 aromatic carbocycles. The van der Waals surface area contributed by atoms with Crippen molar-refractivity contribution in [3.63, 3.8) is 0 Å². The third-order valence-electron chi connectivity index (χ3n) is 12.2. The van der Waals surface area contributed by atoms with E-state index in [9.17, 15) is 0 Å². The Hall–Kier alpha value is -0.850. The number of rotatable bonds is 5. The third kappa shape index (κ3) is 4.30. The van der Waals surface area contributed by atoms with Crippen LogP contribution in [0.2, 0.25) is 0 Å². The van der Waals surface area contributed by atoms with Gasteiger partial charge in [0.05, 0.1) is 0 Å². The maximum Gasteiger partial charge on any atom is 0.0459 e. The van der Waals surface area contributed by atoms with Crippen molar-refractivity contribution in [2.45, 2.75) is 125 Å². The van der Waals surface area contributed by atoms with Crippen molar-refractivity contribution in [2.24, 2.45) is 52.3 Å². The summed E-state index contributed by atoms with van der Waals surface area (Å²) in [6.45, 7) is 17.3. The van der Waals surface area contributed by atoms with Crippen LogP contribution in [0.15, 0.2) is 18.3 Å². The van der Waals surface area contributed by atoms with Gasteiger partial charge in [0.25, 0.3) is 0 Å². The lowest BCUT2D eigenvalue weighted by Gasteiger charge is -2.57. The summed E-state index contributed by atoms with van der Waals surface area (Å²) < 4.78 is 0. The Bertz CT molecular complexity index is 850. The number of hydrogen-bond donors (Lipinski definition) is 0. The fourth-order valence-electron chi connectivity index (χ4n) is 9.92. The Morgan fingerprint density at radius 2 is 1.71 bits per heavy atom. The lowest BCUT2D eigenvalue weighted by molar-refractivity contribution is -0.0807. The first-order chi connectivity index (χ1) is 16.0. The van der Waals surface area contributed by atoms with Gasteiger partial charge >= 0.3 is 0 Å². The average molecular weight is 464 g/mol. The molecule has 4 fully saturated rings. The molecule has 0 N–H and O–H groups in total. The topological polar surface area (TPSA) is 12.9 Å². The minimum absolute atomic E-state index is 0.183. The van der Waals surface area contributed by atoms with E-state index in [-0.39, 0.29) is 5.41 Å². The number of hydrogen-bond acceptors (Lipinski definition) is 1. The van der Waals surface area contributed by atoms with Gasteiger partial charge in [0.1, 0.15) is 0 Å². The van der Waals surface area contributed by atoms with E-state index in [1.165, 1.54) is 69.0 Å². The molecule has 0 bridgehead atoms. The molecular formula is C33H53N. The van der Waals surface area contributed by atoms with Crippen molar-refractivity contribution >= 4 is 0 Å². The number of pyridine rings is 1. The molecule has 1 heteroatoms. The summed E-state index contributed by atoms with van der Waals surface area (Å²) in [4.78, 5) is 4.90. The van der Waals surface area contributed by atoms with Crippen molar-refractivity contribution in [3.05, 3.63) is 29.6 Å². The van der Waals surface area contributed by atoms with Gasteiger partial charge in [-0.3, -0.25) is 4.98 Å². The molecule has 4 saturated carbocycles. The van der Waals surface area contributed by atoms with E-state index in [2.05, 4.69) is 66.8 Å². The quantitative estimate of drug-likeness (QED) is 0.424. The zero-order valence-corrected chi connectivity index (χ0v) is 23.5. The molecule has 8 atom stereocenters. The Labute approximate surface area is 211 Å². The third-order valence-corrected chi connectivity index (χ3v) is 12.2. The lowest BCUT2D eigenvalue weighted by Crippen LogP contribution is -2.49. The summed E-state index contributed by atoms with van der Waals surface area (Å²) in [6, 6.07) is 4.69. The maximum atomic E-state index is 4.90. The first-order valence-corrected chi connectivity index (χ1v) is 15.0. The van der Waals surface area contributed by atoms with Crippen LogP contribution in [0, 0.1) is 52.3 Å². The molecule has 0 aliphatic heterocycles. The van der Waals surface area contributed by atoms with Crippen LogP contribution in [0.1, 0.15) is 124 Å². The fraction of sp³-hybridized carbons (Fsp3) is 0.848. The second kappa shape index (κ2) is 8.92. The summed E-state index contributed by atoms with van der Waals surface area (Å²) in [5, 5.41) is 0. The highest BCUT2D eigenvalue weighted by Crippen LogP contribution is 2.66. The van der Waals surface area contributed by atoms with E-state index in [0.717, 1.165) is 47.8 Å². The second-order valence-corrected chi connectivity index (χ2v) is 15.0. The monoisotopic (exact) mass is 463 g/mol. The Morgan fingerprint density at radius 3 is 2.41 bits per heavy atom. The van der Waals surface area contributed by atoms with E-state index < -0.39 is 0 Å². The summed E-state index contributed by atoms with van der Waals surface area (Å²) in [7, 11) is 0. The van der Waals surface area contributed by atoms with Gasteiger partial charge < -0.3 is 0 Å². The van der Waals surface area contributed by atoms with E-state index in [4.69, 9.17) is 4.98 Å². The highest BCUT2D eigenvalue weighted by molar-refractivity contribution is 5.20. The van der Waals surface area contributed by atoms with Gasteiger partial charge in [-0.05, 0) is 135 Å². The number of aromatic nitrogens is 1. The molecule has 4 aliphatic rings. The van der Waals surface area contributed by atoms with E-state index in [1.807, 2.05) is 0 Å². The van der Waals surface area contributed by atoms with Gasteiger partial charge in [0, 0.05) is 17.3 Å². The molecule has 1 aromatic rings. The largest absolute Gasteiger partial charge is 0.260 e. The van der Waals surface area contributed by atoms with Gasteiger partial charge in [0.15, 0.2) is 0 Å². The van der Waals surface area contributed by atoms with Gasteiger partial charge in [-0.1, -0.05) is 54.5 Å². The summed E-state index contributed by atoms with van der Waals surface area (Å²) in [5.41, 5.74) is 4.07. The molecule has 0 saturated heterocycles. The predicted molar refractivity (Wildman–Crippen MR) is 145 cm³/mol. The molecule has 0 amide bonds. The van der Waals surface area contributed by atoms with Gasteiger partial charge in [-0.2, -0.15) is 0 Å². The second-order valence-electron chi connectivity index (χ2n) is 15.0. The molecule has 8 unspecified atom stereocenters. The minimum atomic E-state index is 0.183. The van der Waals surface area contributed by atoms with Crippen LogP contribution in [0.5, 0.6) is 0 Å². The minimum Gasteiger partial charge on any atom is -0.260 e. The van der Waals surface area contributed by atoms with E-state index in [0.29, 0.717) is 10.8 Å². The van der Waals surface area contributed by atoms with Crippen molar-refractivity contribution in [3.8, 4) is 0 Å². The average Bonchev–Trinajstić information content (AvgIpc) is 3.16. The van der Waals surface area contributed by atoms with E-state index >= 15 is 0 Å². The van der Waals surface area contributed by atoms with E-state index in [1.54, 1.807) is 6.42 Å². The van der Waals surface area contributed by atoms with Crippen LogP contribution in [0.25, 0.3) is 0 Å². The van der Waals surface area contributed by atoms with Crippen molar-refractivity contribution in [2.75, 3.05) is 0 Å². The van der Waals surface area contributed by atoms with Crippen LogP contribution in [-0.4, -0.2) is 4.98 Å². The molecular weight excluding hydrogens is 410 g/mol. The zero-order valence-electron chi connectivity index (χ0n) is 23.5. The first kappa shape index (κ1) is 24.8. The van der Waals surface area contributed by atoms with Gasteiger partial charge in [-0.25, -0.2) is 0 Å². The number of fused-ring (bicyclic) bond motifs is 5. The molecule has 0 spiro atoms. The smallest absolute Gasteiger partial charge is 0.0459 e. The maximum absolute atomic E-state index is 4.90. The molecule has 4 aliphatic carbocycles. The standard InChI is InChI=1S/C33H53N/c1-8-32(5,6)30-14-9-23(21-34-30)19-22(2)28-12-13-29-27-11-10-24-20-31(3,4)17-15-25(24)26(27)16-18-33(28,29)7/h9,14,21-22,24-29H,8,10-13,15-20H2,1-7H3. The van der Waals surface area contributed by atoms with Crippen molar-refractivity contribution in [1.82, 2.24) is 4.98 Å². The zero-order chi connectivity index (χ0) is 24.3. The van der Waals surface area contributed by atoms with Crippen LogP contribution in [0.4, 0.5) is 0 Å². The van der Waals surface area contributed by atoms with Gasteiger partial charge in [0.2, 0.25) is 0 Å². The molecule has 5 rings (SSSR count). The first-order valence-electron chi connectivity index (χ1n) is 15.0. The van der Waals surface area contributed by atoms with Crippen LogP contribution < -0.4 is 0 Å². The highest BCUT2D eigenvalue weighted by Gasteiger charge is 2.57. The summed E-state index contributed by atoms with van der Waals surface area (Å²) >= 11 is 0. The lowest BCUT2D eigenvalue weighted by atomic mass is 9.48. The Kier molecular flexibility index (Phi) is 6.51. The van der Waals surface area contributed by atoms with Crippen LogP contribution in [0.3, 0.4) is 0 Å². The SMILES string of the molecule is CCC(C)(C)c1ccc(CC(C)C2CCC3C4CCC5CC(C)(C)CCC5C4CCC23C)cn1. The normalized spacial score (nSPS) is 40.2.